The van der Waals surface area contributed by atoms with Crippen molar-refractivity contribution >= 4 is 14.3 Å². The molecule has 3 nitrogen and oxygen atoms in total. The van der Waals surface area contributed by atoms with E-state index in [4.69, 9.17) is 9.16 Å². The minimum absolute atomic E-state index is 0.125. The second-order valence-electron chi connectivity index (χ2n) is 13.6. The van der Waals surface area contributed by atoms with Crippen LogP contribution in [0, 0.1) is 34.5 Å². The first-order valence-corrected chi connectivity index (χ1v) is 16.2. The summed E-state index contributed by atoms with van der Waals surface area (Å²) in [6.45, 7) is 19.1. The van der Waals surface area contributed by atoms with Gasteiger partial charge in [0.1, 0.15) is 0 Å². The van der Waals surface area contributed by atoms with Gasteiger partial charge in [-0.25, -0.2) is 0 Å². The molecule has 4 rings (SSSR count). The van der Waals surface area contributed by atoms with Crippen LogP contribution in [0.5, 0.6) is 0 Å². The summed E-state index contributed by atoms with van der Waals surface area (Å²) in [6, 6.07) is 0. The summed E-state index contributed by atoms with van der Waals surface area (Å²) in [5.74, 6) is 2.84. The van der Waals surface area contributed by atoms with Gasteiger partial charge in [-0.15, -0.1) is 0 Å². The number of hydrogen-bond acceptors (Lipinski definition) is 3. The minimum atomic E-state index is -1.72. The zero-order valence-electron chi connectivity index (χ0n) is 22.1. The van der Waals surface area contributed by atoms with E-state index in [2.05, 4.69) is 53.8 Å². The first kappa shape index (κ1) is 24.5. The van der Waals surface area contributed by atoms with Gasteiger partial charge in [0.25, 0.3) is 0 Å². The van der Waals surface area contributed by atoms with E-state index in [9.17, 15) is 4.79 Å². The van der Waals surface area contributed by atoms with Crippen molar-refractivity contribution in [2.24, 2.45) is 34.5 Å². The van der Waals surface area contributed by atoms with Crippen molar-refractivity contribution in [3.8, 4) is 0 Å². The second-order valence-corrected chi connectivity index (χ2v) is 18.4. The molecule has 0 aliphatic heterocycles. The number of ether oxygens (including phenoxy) is 1. The zero-order valence-corrected chi connectivity index (χ0v) is 23.1. The average molecular weight is 461 g/mol. The number of rotatable bonds is 4. The van der Waals surface area contributed by atoms with E-state index < -0.39 is 8.32 Å². The molecule has 3 fully saturated rings. The van der Waals surface area contributed by atoms with Gasteiger partial charge in [-0.05, 0) is 104 Å². The molecule has 0 N–H and O–H groups in total. The maximum absolute atomic E-state index is 11.4. The van der Waals surface area contributed by atoms with Crippen molar-refractivity contribution in [2.75, 3.05) is 6.61 Å². The van der Waals surface area contributed by atoms with Crippen LogP contribution >= 0.6 is 0 Å². The van der Waals surface area contributed by atoms with Gasteiger partial charge in [0.05, 0.1) is 6.61 Å². The number of carbonyl (C=O) groups excluding carboxylic acids is 1. The van der Waals surface area contributed by atoms with E-state index in [0.29, 0.717) is 29.5 Å². The van der Waals surface area contributed by atoms with Gasteiger partial charge in [0.15, 0.2) is 8.32 Å². The molecule has 2 unspecified atom stereocenters. The van der Waals surface area contributed by atoms with Gasteiger partial charge in [0.2, 0.25) is 0 Å². The van der Waals surface area contributed by atoms with Crippen LogP contribution in [0.1, 0.15) is 92.9 Å². The van der Waals surface area contributed by atoms with Crippen LogP contribution in [0.4, 0.5) is 0 Å². The monoisotopic (exact) mass is 460 g/mol. The highest BCUT2D eigenvalue weighted by Gasteiger charge is 2.59. The van der Waals surface area contributed by atoms with Crippen molar-refractivity contribution in [2.45, 2.75) is 117 Å². The molecule has 32 heavy (non-hydrogen) atoms. The van der Waals surface area contributed by atoms with Crippen molar-refractivity contribution < 1.29 is 14.0 Å². The summed E-state index contributed by atoms with van der Waals surface area (Å²) >= 11 is 0. The Morgan fingerprint density at radius 3 is 2.47 bits per heavy atom. The van der Waals surface area contributed by atoms with Gasteiger partial charge in [-0.2, -0.15) is 0 Å². The first-order valence-electron chi connectivity index (χ1n) is 13.3. The van der Waals surface area contributed by atoms with E-state index >= 15 is 0 Å². The standard InChI is InChI=1S/C28H48O3Si/c1-19(29)30-18-21-10-12-24-23-11-9-20-17-22(31-32(7,8)26(2,3)4)13-15-27(20,5)25(23)14-16-28(21,24)6/h9,21-25H,10-18H2,1-8H3/t21?,22?,23-,24-,25+,27-,28+/m0/s1. The molecule has 0 amide bonds. The Labute approximate surface area is 198 Å². The van der Waals surface area contributed by atoms with Crippen LogP contribution in [0.3, 0.4) is 0 Å². The zero-order chi connectivity index (χ0) is 23.5. The van der Waals surface area contributed by atoms with Crippen molar-refractivity contribution in [3.05, 3.63) is 11.6 Å². The smallest absolute Gasteiger partial charge is 0.302 e. The lowest BCUT2D eigenvalue weighted by molar-refractivity contribution is -0.144. The minimum Gasteiger partial charge on any atom is -0.466 e. The third kappa shape index (κ3) is 4.06. The fourth-order valence-electron chi connectivity index (χ4n) is 7.92. The molecule has 0 aromatic heterocycles. The molecule has 0 saturated heterocycles. The van der Waals surface area contributed by atoms with Gasteiger partial charge >= 0.3 is 5.97 Å². The van der Waals surface area contributed by atoms with Crippen LogP contribution < -0.4 is 0 Å². The van der Waals surface area contributed by atoms with E-state index in [-0.39, 0.29) is 11.0 Å². The Kier molecular flexibility index (Phi) is 6.32. The Bertz CT molecular complexity index is 765. The molecule has 0 heterocycles. The third-order valence-electron chi connectivity index (χ3n) is 11.0. The summed E-state index contributed by atoms with van der Waals surface area (Å²) in [5.41, 5.74) is 2.43. The molecule has 0 aromatic rings. The van der Waals surface area contributed by atoms with Crippen LogP contribution in [0.25, 0.3) is 0 Å². The molecular weight excluding hydrogens is 412 g/mol. The maximum atomic E-state index is 11.4. The van der Waals surface area contributed by atoms with Crippen LogP contribution in [0.15, 0.2) is 11.6 Å². The van der Waals surface area contributed by atoms with Crippen molar-refractivity contribution in [1.29, 1.82) is 0 Å². The Hall–Kier alpha value is -0.613. The third-order valence-corrected chi connectivity index (χ3v) is 15.5. The fourth-order valence-corrected chi connectivity index (χ4v) is 9.31. The maximum Gasteiger partial charge on any atom is 0.302 e. The Morgan fingerprint density at radius 2 is 1.81 bits per heavy atom. The number of hydrogen-bond donors (Lipinski definition) is 0. The molecule has 0 radical (unpaired) electrons. The van der Waals surface area contributed by atoms with Crippen LogP contribution in [-0.2, 0) is 14.0 Å². The highest BCUT2D eigenvalue weighted by atomic mass is 28.4. The second kappa shape index (κ2) is 8.25. The molecule has 4 aliphatic carbocycles. The van der Waals surface area contributed by atoms with Gasteiger partial charge in [-0.1, -0.05) is 46.3 Å². The number of carbonyl (C=O) groups is 1. The topological polar surface area (TPSA) is 35.5 Å². The number of allylic oxidation sites excluding steroid dienone is 1. The molecule has 182 valence electrons. The summed E-state index contributed by atoms with van der Waals surface area (Å²) in [4.78, 5) is 11.4. The lowest BCUT2D eigenvalue weighted by Gasteiger charge is -2.58. The van der Waals surface area contributed by atoms with E-state index in [1.807, 2.05) is 0 Å². The number of esters is 1. The quantitative estimate of drug-likeness (QED) is 0.247. The molecular formula is C28H48O3Si. The van der Waals surface area contributed by atoms with Gasteiger partial charge < -0.3 is 9.16 Å². The molecule has 4 aliphatic rings. The Morgan fingerprint density at radius 1 is 1.09 bits per heavy atom. The predicted molar refractivity (Wildman–Crippen MR) is 134 cm³/mol. The highest BCUT2D eigenvalue weighted by Crippen LogP contribution is 2.66. The van der Waals surface area contributed by atoms with Gasteiger partial charge in [-0.3, -0.25) is 4.79 Å². The lowest BCUT2D eigenvalue weighted by atomic mass is 9.47. The summed E-state index contributed by atoms with van der Waals surface area (Å²) in [6.07, 6.45) is 13.2. The average Bonchev–Trinajstić information content (AvgIpc) is 3.02. The molecule has 3 saturated carbocycles. The molecule has 0 spiro atoms. The lowest BCUT2D eigenvalue weighted by Crippen LogP contribution is -2.52. The molecule has 0 aromatic carbocycles. The van der Waals surface area contributed by atoms with E-state index in [1.54, 1.807) is 12.5 Å². The fraction of sp³-hybridized carbons (Fsp3) is 0.893. The van der Waals surface area contributed by atoms with Gasteiger partial charge in [0, 0.05) is 13.0 Å². The molecule has 4 heteroatoms. The summed E-state index contributed by atoms with van der Waals surface area (Å²) < 4.78 is 12.4. The van der Waals surface area contributed by atoms with E-state index in [0.717, 1.165) is 24.2 Å². The first-order chi connectivity index (χ1) is 14.8. The predicted octanol–water partition coefficient (Wildman–Crippen LogP) is 7.52. The van der Waals surface area contributed by atoms with Crippen LogP contribution in [0.2, 0.25) is 18.1 Å². The SMILES string of the molecule is CC(=O)OCC1CC[C@H]2[C@@H]3CC=C4CC(O[Si](C)(C)C(C)(C)C)CC[C@]4(C)[C@@H]3CC[C@]12C. The van der Waals surface area contributed by atoms with Crippen molar-refractivity contribution in [1.82, 2.24) is 0 Å². The summed E-state index contributed by atoms with van der Waals surface area (Å²) in [5, 5.41) is 0.277. The largest absolute Gasteiger partial charge is 0.466 e. The molecule has 7 atom stereocenters. The summed E-state index contributed by atoms with van der Waals surface area (Å²) in [7, 11) is -1.72. The molecule has 0 bridgehead atoms. The highest BCUT2D eigenvalue weighted by molar-refractivity contribution is 6.74. The van der Waals surface area contributed by atoms with Crippen LogP contribution in [-0.4, -0.2) is 27.0 Å². The van der Waals surface area contributed by atoms with Crippen molar-refractivity contribution in [3.63, 3.8) is 0 Å². The number of fused-ring (bicyclic) bond motifs is 5. The van der Waals surface area contributed by atoms with E-state index in [1.165, 1.54) is 44.9 Å². The Balaban J connectivity index is 1.49. The normalized spacial score (nSPS) is 41.9.